The number of nitrogens with zero attached hydrogens (tertiary/aromatic N) is 3. The highest BCUT2D eigenvalue weighted by Crippen LogP contribution is 2.25. The van der Waals surface area contributed by atoms with Gasteiger partial charge in [-0.1, -0.05) is 38.1 Å². The summed E-state index contributed by atoms with van der Waals surface area (Å²) < 4.78 is 19.5. The molecular formula is C23H25N7O3S2. The summed E-state index contributed by atoms with van der Waals surface area (Å²) in [6, 6.07) is 12.2. The number of pyridine rings is 1. The molecule has 182 valence electrons. The van der Waals surface area contributed by atoms with Crippen LogP contribution in [0.4, 0.5) is 22.1 Å². The molecule has 0 aliphatic heterocycles. The van der Waals surface area contributed by atoms with E-state index in [0.717, 1.165) is 11.3 Å². The number of fused-ring (bicyclic) bond motifs is 1. The second-order valence-electron chi connectivity index (χ2n) is 8.61. The fourth-order valence-electron chi connectivity index (χ4n) is 2.99. The first kappa shape index (κ1) is 24.4. The number of benzene rings is 1. The molecule has 0 radical (unpaired) electrons. The zero-order valence-electron chi connectivity index (χ0n) is 19.6. The van der Waals surface area contributed by atoms with E-state index in [9.17, 15) is 9.00 Å². The van der Waals surface area contributed by atoms with Crippen LogP contribution in [-0.2, 0) is 16.4 Å². The van der Waals surface area contributed by atoms with Gasteiger partial charge >= 0.3 is 6.03 Å². The molecule has 0 saturated heterocycles. The minimum absolute atomic E-state index is 0.199. The first-order valence-corrected chi connectivity index (χ1v) is 13.0. The lowest BCUT2D eigenvalue weighted by Gasteiger charge is -2.12. The number of urea groups is 1. The number of hydrogen-bond donors (Lipinski definition) is 4. The summed E-state index contributed by atoms with van der Waals surface area (Å²) in [6.45, 7) is 6.01. The van der Waals surface area contributed by atoms with Gasteiger partial charge in [0.1, 0.15) is 32.9 Å². The lowest BCUT2D eigenvalue weighted by molar-refractivity contribution is 0.262. The van der Waals surface area contributed by atoms with Crippen LogP contribution in [0.15, 0.2) is 58.7 Å². The third-order valence-electron chi connectivity index (χ3n) is 4.75. The van der Waals surface area contributed by atoms with Crippen molar-refractivity contribution >= 4 is 56.0 Å². The number of anilines is 3. The van der Waals surface area contributed by atoms with Crippen LogP contribution >= 0.6 is 11.3 Å². The molecular weight excluding hydrogens is 486 g/mol. The predicted molar refractivity (Wildman–Crippen MR) is 140 cm³/mol. The Bertz CT molecular complexity index is 1420. The van der Waals surface area contributed by atoms with E-state index in [1.165, 1.54) is 11.3 Å². The van der Waals surface area contributed by atoms with Crippen molar-refractivity contribution in [2.45, 2.75) is 26.2 Å². The van der Waals surface area contributed by atoms with Crippen molar-refractivity contribution in [3.8, 4) is 11.3 Å². The Morgan fingerprint density at radius 3 is 2.54 bits per heavy atom. The minimum atomic E-state index is -1.21. The first-order chi connectivity index (χ1) is 16.7. The molecule has 0 aliphatic rings. The molecule has 35 heavy (non-hydrogen) atoms. The van der Waals surface area contributed by atoms with Crippen LogP contribution in [0.3, 0.4) is 0 Å². The van der Waals surface area contributed by atoms with Crippen LogP contribution in [0.1, 0.15) is 26.5 Å². The van der Waals surface area contributed by atoms with Gasteiger partial charge in [0, 0.05) is 28.8 Å². The fourth-order valence-corrected chi connectivity index (χ4v) is 4.23. The summed E-state index contributed by atoms with van der Waals surface area (Å²) in [5.74, 6) is 1.55. The van der Waals surface area contributed by atoms with Crippen LogP contribution < -0.4 is 15.4 Å². The van der Waals surface area contributed by atoms with E-state index in [-0.39, 0.29) is 5.41 Å². The Kier molecular flexibility index (Phi) is 7.12. The molecule has 0 fully saturated rings. The van der Waals surface area contributed by atoms with Crippen LogP contribution in [0.2, 0.25) is 0 Å². The second-order valence-corrected chi connectivity index (χ2v) is 10.6. The molecule has 3 aromatic heterocycles. The highest BCUT2D eigenvalue weighted by Gasteiger charge is 2.20. The van der Waals surface area contributed by atoms with Crippen molar-refractivity contribution < 1.29 is 13.5 Å². The molecule has 10 nitrogen and oxygen atoms in total. The zero-order valence-corrected chi connectivity index (χ0v) is 21.2. The third kappa shape index (κ3) is 6.43. The van der Waals surface area contributed by atoms with E-state index in [0.29, 0.717) is 33.4 Å². The molecule has 3 heterocycles. The van der Waals surface area contributed by atoms with E-state index in [1.54, 1.807) is 36.8 Å². The molecule has 2 amide bonds. The summed E-state index contributed by atoms with van der Waals surface area (Å²) in [5.41, 5.74) is 2.84. The molecule has 0 saturated carbocycles. The minimum Gasteiger partial charge on any atom is -0.359 e. The quantitative estimate of drug-likeness (QED) is 0.281. The summed E-state index contributed by atoms with van der Waals surface area (Å²) >= 11 is 1.40. The maximum absolute atomic E-state index is 12.3. The summed E-state index contributed by atoms with van der Waals surface area (Å²) in [6.07, 6.45) is 3.14. The number of hydrogen-bond acceptors (Lipinski definition) is 7. The fraction of sp³-hybridized carbons (Fsp3) is 0.217. The van der Waals surface area contributed by atoms with Gasteiger partial charge in [0.05, 0.1) is 12.0 Å². The smallest absolute Gasteiger partial charge is 0.324 e. The zero-order chi connectivity index (χ0) is 25.0. The largest absolute Gasteiger partial charge is 0.359 e. The maximum atomic E-state index is 12.3. The first-order valence-electron chi connectivity index (χ1n) is 10.6. The van der Waals surface area contributed by atoms with Crippen LogP contribution in [0.25, 0.3) is 21.6 Å². The van der Waals surface area contributed by atoms with E-state index < -0.39 is 17.0 Å². The molecule has 4 N–H and O–H groups in total. The highest BCUT2D eigenvalue weighted by molar-refractivity contribution is 7.85. The number of carbonyl (C=O) groups is 1. The number of carbonyl (C=O) groups excluding carboxylic acids is 1. The topological polar surface area (TPSA) is 138 Å². The Labute approximate surface area is 208 Å². The Balaban J connectivity index is 1.47. The van der Waals surface area contributed by atoms with Crippen molar-refractivity contribution in [1.29, 1.82) is 0 Å². The maximum Gasteiger partial charge on any atom is 0.324 e. The van der Waals surface area contributed by atoms with Gasteiger partial charge in [0.2, 0.25) is 0 Å². The van der Waals surface area contributed by atoms with Crippen molar-refractivity contribution in [3.63, 3.8) is 0 Å². The number of aromatic nitrogens is 4. The third-order valence-corrected chi connectivity index (χ3v) is 6.12. The normalized spacial score (nSPS) is 12.1. The molecule has 4 aromatic rings. The molecule has 0 bridgehead atoms. The van der Waals surface area contributed by atoms with E-state index >= 15 is 0 Å². The average molecular weight is 512 g/mol. The second kappa shape index (κ2) is 10.2. The van der Waals surface area contributed by atoms with Gasteiger partial charge in [0.15, 0.2) is 5.82 Å². The Hall–Kier alpha value is -3.77. The predicted octanol–water partition coefficient (Wildman–Crippen LogP) is 5.45. The highest BCUT2D eigenvalue weighted by atomic mass is 32.2. The summed E-state index contributed by atoms with van der Waals surface area (Å²) in [7, 11) is -1.21. The number of amides is 2. The lowest BCUT2D eigenvalue weighted by Crippen LogP contribution is -2.19. The van der Waals surface area contributed by atoms with E-state index in [4.69, 9.17) is 4.52 Å². The number of aromatic amines is 1. The van der Waals surface area contributed by atoms with Gasteiger partial charge in [-0.25, -0.2) is 19.0 Å². The molecule has 1 atom stereocenters. The van der Waals surface area contributed by atoms with Gasteiger partial charge in [0.25, 0.3) is 0 Å². The van der Waals surface area contributed by atoms with Crippen molar-refractivity contribution in [2.24, 2.45) is 0 Å². The van der Waals surface area contributed by atoms with Gasteiger partial charge in [-0.05, 0) is 29.8 Å². The number of rotatable bonds is 5. The molecule has 1 aromatic carbocycles. The monoisotopic (exact) mass is 511 g/mol. The van der Waals surface area contributed by atoms with E-state index in [2.05, 4.69) is 35.5 Å². The van der Waals surface area contributed by atoms with E-state index in [1.807, 2.05) is 44.4 Å². The van der Waals surface area contributed by atoms with Crippen LogP contribution in [-0.4, -0.2) is 36.6 Å². The van der Waals surface area contributed by atoms with Crippen LogP contribution in [0, 0.1) is 0 Å². The number of nitrogens with one attached hydrogen (secondary N) is 4. The van der Waals surface area contributed by atoms with Gasteiger partial charge in [-0.2, -0.15) is 0 Å². The van der Waals surface area contributed by atoms with Crippen molar-refractivity contribution in [2.75, 3.05) is 21.6 Å². The van der Waals surface area contributed by atoms with Crippen molar-refractivity contribution in [1.82, 2.24) is 20.1 Å². The SMILES string of the molecule is CS(=O)Nc1ccc2nc[nH]c(-c3ccc(NC(=O)Nc4cc(C(C)(C)C)on4)cc3)csc2n1. The standard InChI is InChI=1S/C23H25N7O3S2/c1-23(2,3)18-11-20(29-33-18)28-22(31)26-15-7-5-14(6-8-15)17-12-34-21-16(24-13-25-17)9-10-19(27-21)30-35(4)32/h5-13H,1-4H3,(H,24,25)(H,27,30)(H2,26,28,29,31). The van der Waals surface area contributed by atoms with Gasteiger partial charge in [-0.3, -0.25) is 10.0 Å². The summed E-state index contributed by atoms with van der Waals surface area (Å²) in [5, 5.41) is 11.3. The molecule has 4 rings (SSSR count). The molecule has 0 spiro atoms. The van der Waals surface area contributed by atoms with Gasteiger partial charge < -0.3 is 14.8 Å². The summed E-state index contributed by atoms with van der Waals surface area (Å²) in [4.78, 5) is 25.1. The average Bonchev–Trinajstić information content (AvgIpc) is 3.24. The number of H-pyrrole nitrogens is 1. The van der Waals surface area contributed by atoms with Crippen LogP contribution in [0.5, 0.6) is 0 Å². The Morgan fingerprint density at radius 2 is 1.86 bits per heavy atom. The van der Waals surface area contributed by atoms with Gasteiger partial charge in [-0.15, -0.1) is 11.3 Å². The lowest BCUT2D eigenvalue weighted by atomic mass is 9.93. The molecule has 12 heteroatoms. The molecule has 1 unspecified atom stereocenters. The Morgan fingerprint density at radius 1 is 1.09 bits per heavy atom. The molecule has 0 aliphatic carbocycles. The van der Waals surface area contributed by atoms with Crippen molar-refractivity contribution in [3.05, 3.63) is 59.9 Å².